The molecule has 0 rings (SSSR count). The van der Waals surface area contributed by atoms with Crippen LogP contribution in [0.15, 0.2) is 0 Å². The molecule has 0 aliphatic carbocycles. The molecule has 0 aliphatic heterocycles. The number of Topliss-reactive ketones (excluding diaryl/α,β-unsaturated/α-hetero) is 1. The van der Waals surface area contributed by atoms with E-state index in [0.29, 0.717) is 12.3 Å². The number of nitrogens with two attached hydrogens (primary N) is 1. The molecule has 0 fully saturated rings. The maximum atomic E-state index is 12.3. The van der Waals surface area contributed by atoms with Gasteiger partial charge >= 0.3 is 0 Å². The predicted molar refractivity (Wildman–Crippen MR) is 97.0 cm³/mol. The molecule has 3 nitrogen and oxygen atoms in total. The number of carbonyl (C=O) groups excluding carboxylic acids is 1. The smallest absolute Gasteiger partial charge is 0.189 e. The zero-order chi connectivity index (χ0) is 16.8. The Balaban J connectivity index is 3.67. The standard InChI is InChI=1S/C19H41N2O/c1-5-6-7-8-9-10-11-12-13-15-19(22)18(2)21(3,4)17-14-16-20/h18H,5-17,20H2,1-4H3/q+1. The molecule has 0 radical (unpaired) electrons. The van der Waals surface area contributed by atoms with E-state index in [4.69, 9.17) is 5.73 Å². The van der Waals surface area contributed by atoms with Crippen LogP contribution in [-0.4, -0.2) is 43.5 Å². The summed E-state index contributed by atoms with van der Waals surface area (Å²) in [5.41, 5.74) is 5.58. The SMILES string of the molecule is CCCCCCCCCCCC(=O)C(C)[N+](C)(C)CCCN. The number of rotatable bonds is 15. The zero-order valence-corrected chi connectivity index (χ0v) is 15.7. The molecule has 0 aliphatic rings. The Bertz CT molecular complexity index is 277. The summed E-state index contributed by atoms with van der Waals surface area (Å²) in [6, 6.07) is 0.0978. The maximum Gasteiger partial charge on any atom is 0.189 e. The van der Waals surface area contributed by atoms with Crippen LogP contribution in [0.5, 0.6) is 0 Å². The lowest BCUT2D eigenvalue weighted by atomic mass is 10.0. The number of ketones is 1. The van der Waals surface area contributed by atoms with Gasteiger partial charge in [0.15, 0.2) is 5.78 Å². The highest BCUT2D eigenvalue weighted by Gasteiger charge is 2.29. The van der Waals surface area contributed by atoms with Crippen molar-refractivity contribution in [3.8, 4) is 0 Å². The first-order chi connectivity index (χ1) is 10.5. The number of hydrogen-bond acceptors (Lipinski definition) is 2. The largest absolute Gasteiger partial charge is 0.330 e. The van der Waals surface area contributed by atoms with Gasteiger partial charge in [-0.3, -0.25) is 4.79 Å². The minimum atomic E-state index is 0.0978. The van der Waals surface area contributed by atoms with Gasteiger partial charge in [0.25, 0.3) is 0 Å². The van der Waals surface area contributed by atoms with Gasteiger partial charge in [-0.05, 0) is 19.9 Å². The number of nitrogens with zero attached hydrogens (tertiary/aromatic N) is 1. The van der Waals surface area contributed by atoms with E-state index >= 15 is 0 Å². The average Bonchev–Trinajstić information content (AvgIpc) is 2.50. The fourth-order valence-electron chi connectivity index (χ4n) is 2.90. The molecule has 0 aromatic heterocycles. The highest BCUT2D eigenvalue weighted by Crippen LogP contribution is 2.14. The molecule has 0 aromatic rings. The molecule has 0 aromatic carbocycles. The number of quaternary nitrogens is 1. The number of hydrogen-bond donors (Lipinski definition) is 1. The summed E-state index contributed by atoms with van der Waals surface area (Å²) in [5.74, 6) is 0.421. The van der Waals surface area contributed by atoms with Crippen LogP contribution in [0, 0.1) is 0 Å². The van der Waals surface area contributed by atoms with E-state index in [1.807, 2.05) is 0 Å². The van der Waals surface area contributed by atoms with Gasteiger partial charge in [-0.2, -0.15) is 0 Å². The summed E-state index contributed by atoms with van der Waals surface area (Å²) < 4.78 is 0.771. The van der Waals surface area contributed by atoms with E-state index in [-0.39, 0.29) is 6.04 Å². The summed E-state index contributed by atoms with van der Waals surface area (Å²) in [6.07, 6.45) is 13.5. The van der Waals surface area contributed by atoms with Crippen molar-refractivity contribution in [2.45, 2.75) is 90.5 Å². The van der Waals surface area contributed by atoms with Gasteiger partial charge in [-0.25, -0.2) is 0 Å². The van der Waals surface area contributed by atoms with Gasteiger partial charge in [0.05, 0.1) is 20.6 Å². The molecule has 1 atom stereocenters. The summed E-state index contributed by atoms with van der Waals surface area (Å²) >= 11 is 0. The van der Waals surface area contributed by atoms with Crippen LogP contribution in [0.3, 0.4) is 0 Å². The van der Waals surface area contributed by atoms with Crippen molar-refractivity contribution in [2.24, 2.45) is 5.73 Å². The van der Waals surface area contributed by atoms with Crippen LogP contribution in [0.25, 0.3) is 0 Å². The Morgan fingerprint density at radius 1 is 0.909 bits per heavy atom. The molecule has 132 valence electrons. The topological polar surface area (TPSA) is 43.1 Å². The first-order valence-electron chi connectivity index (χ1n) is 9.51. The summed E-state index contributed by atoms with van der Waals surface area (Å²) in [5, 5.41) is 0. The molecule has 0 amide bonds. The van der Waals surface area contributed by atoms with E-state index < -0.39 is 0 Å². The Labute approximate surface area is 139 Å². The Morgan fingerprint density at radius 2 is 1.41 bits per heavy atom. The van der Waals surface area contributed by atoms with Crippen LogP contribution in [0.4, 0.5) is 0 Å². The third-order valence-electron chi connectivity index (χ3n) is 4.98. The van der Waals surface area contributed by atoms with Crippen LogP contribution < -0.4 is 5.73 Å². The van der Waals surface area contributed by atoms with E-state index in [0.717, 1.165) is 30.3 Å². The van der Waals surface area contributed by atoms with E-state index in [9.17, 15) is 4.79 Å². The zero-order valence-electron chi connectivity index (χ0n) is 15.7. The molecule has 1 unspecified atom stereocenters. The maximum absolute atomic E-state index is 12.3. The van der Waals surface area contributed by atoms with Crippen LogP contribution in [0.2, 0.25) is 0 Å². The van der Waals surface area contributed by atoms with Gasteiger partial charge < -0.3 is 10.2 Å². The van der Waals surface area contributed by atoms with Crippen LogP contribution in [0.1, 0.15) is 84.5 Å². The lowest BCUT2D eigenvalue weighted by Gasteiger charge is -2.35. The molecule has 2 N–H and O–H groups in total. The molecular formula is C19H41N2O+. The van der Waals surface area contributed by atoms with Crippen molar-refractivity contribution in [3.05, 3.63) is 0 Å². The number of unbranched alkanes of at least 4 members (excludes halogenated alkanes) is 8. The molecule has 0 spiro atoms. The number of carbonyl (C=O) groups is 1. The molecule has 0 saturated carbocycles. The van der Waals surface area contributed by atoms with Gasteiger partial charge in [0.1, 0.15) is 6.04 Å². The minimum absolute atomic E-state index is 0.0978. The Kier molecular flexibility index (Phi) is 12.8. The summed E-state index contributed by atoms with van der Waals surface area (Å²) in [6.45, 7) is 6.03. The van der Waals surface area contributed by atoms with E-state index in [1.54, 1.807) is 0 Å². The van der Waals surface area contributed by atoms with Crippen molar-refractivity contribution in [1.29, 1.82) is 0 Å². The van der Waals surface area contributed by atoms with Gasteiger partial charge in [-0.15, -0.1) is 0 Å². The van der Waals surface area contributed by atoms with Crippen molar-refractivity contribution in [3.63, 3.8) is 0 Å². The molecule has 0 bridgehead atoms. The minimum Gasteiger partial charge on any atom is -0.330 e. The van der Waals surface area contributed by atoms with Crippen molar-refractivity contribution in [1.82, 2.24) is 0 Å². The highest BCUT2D eigenvalue weighted by atomic mass is 16.1. The van der Waals surface area contributed by atoms with Gasteiger partial charge in [0, 0.05) is 12.8 Å². The molecule has 3 heteroatoms. The van der Waals surface area contributed by atoms with Crippen LogP contribution in [-0.2, 0) is 4.79 Å². The van der Waals surface area contributed by atoms with E-state index in [2.05, 4.69) is 27.9 Å². The second-order valence-electron chi connectivity index (χ2n) is 7.37. The first kappa shape index (κ1) is 21.6. The Hall–Kier alpha value is -0.410. The lowest BCUT2D eigenvalue weighted by Crippen LogP contribution is -2.52. The number of likely N-dealkylation sites (N-methyl/N-ethyl adjacent to an activating group) is 1. The third-order valence-corrected chi connectivity index (χ3v) is 4.98. The highest BCUT2D eigenvalue weighted by molar-refractivity contribution is 5.82. The van der Waals surface area contributed by atoms with Gasteiger partial charge in [-0.1, -0.05) is 58.3 Å². The first-order valence-corrected chi connectivity index (χ1v) is 9.51. The third kappa shape index (κ3) is 10.3. The Morgan fingerprint density at radius 3 is 1.91 bits per heavy atom. The van der Waals surface area contributed by atoms with E-state index in [1.165, 1.54) is 51.4 Å². The second-order valence-corrected chi connectivity index (χ2v) is 7.37. The average molecular weight is 314 g/mol. The molecule has 22 heavy (non-hydrogen) atoms. The van der Waals surface area contributed by atoms with Crippen molar-refractivity contribution >= 4 is 5.78 Å². The fourth-order valence-corrected chi connectivity index (χ4v) is 2.90. The monoisotopic (exact) mass is 313 g/mol. The van der Waals surface area contributed by atoms with Gasteiger partial charge in [0.2, 0.25) is 0 Å². The normalized spacial score (nSPS) is 13.3. The molecule has 0 saturated heterocycles. The van der Waals surface area contributed by atoms with Crippen molar-refractivity contribution < 1.29 is 9.28 Å². The fraction of sp³-hybridized carbons (Fsp3) is 0.947. The lowest BCUT2D eigenvalue weighted by molar-refractivity contribution is -0.904. The summed E-state index contributed by atoms with van der Waals surface area (Å²) in [4.78, 5) is 12.3. The molecular weight excluding hydrogens is 272 g/mol. The van der Waals surface area contributed by atoms with Crippen molar-refractivity contribution in [2.75, 3.05) is 27.2 Å². The second kappa shape index (κ2) is 13.1. The van der Waals surface area contributed by atoms with Crippen LogP contribution >= 0.6 is 0 Å². The predicted octanol–water partition coefficient (Wildman–Crippen LogP) is 4.29. The summed E-state index contributed by atoms with van der Waals surface area (Å²) in [7, 11) is 4.29. The molecule has 0 heterocycles. The quantitative estimate of drug-likeness (QED) is 0.362.